The zero-order valence-electron chi connectivity index (χ0n) is 8.63. The lowest BCUT2D eigenvalue weighted by Crippen LogP contribution is -2.26. The SMILES string of the molecule is CN(C)CC1(c2ncccc2Br)CC1. The summed E-state index contributed by atoms with van der Waals surface area (Å²) in [6.45, 7) is 1.10. The lowest BCUT2D eigenvalue weighted by atomic mass is 10.0. The molecule has 0 unspecified atom stereocenters. The Labute approximate surface area is 93.5 Å². The van der Waals surface area contributed by atoms with Crippen LogP contribution in [0.1, 0.15) is 18.5 Å². The van der Waals surface area contributed by atoms with Gasteiger partial charge >= 0.3 is 0 Å². The number of likely N-dealkylation sites (N-methyl/N-ethyl adjacent to an activating group) is 1. The van der Waals surface area contributed by atoms with Gasteiger partial charge in [0, 0.05) is 22.6 Å². The van der Waals surface area contributed by atoms with Crippen molar-refractivity contribution in [3.63, 3.8) is 0 Å². The normalized spacial score (nSPS) is 18.6. The molecule has 0 atom stereocenters. The minimum atomic E-state index is 0.323. The van der Waals surface area contributed by atoms with Crippen molar-refractivity contribution in [1.82, 2.24) is 9.88 Å². The van der Waals surface area contributed by atoms with Crippen LogP contribution in [-0.2, 0) is 5.41 Å². The van der Waals surface area contributed by atoms with E-state index in [-0.39, 0.29) is 0 Å². The summed E-state index contributed by atoms with van der Waals surface area (Å²) in [5.74, 6) is 0. The Morgan fingerprint density at radius 2 is 2.21 bits per heavy atom. The number of hydrogen-bond donors (Lipinski definition) is 0. The molecule has 0 spiro atoms. The summed E-state index contributed by atoms with van der Waals surface area (Å²) in [6, 6.07) is 4.05. The summed E-state index contributed by atoms with van der Waals surface area (Å²) >= 11 is 3.58. The first-order valence-corrected chi connectivity index (χ1v) is 5.69. The topological polar surface area (TPSA) is 16.1 Å². The van der Waals surface area contributed by atoms with Gasteiger partial charge in [-0.15, -0.1) is 0 Å². The number of hydrogen-bond acceptors (Lipinski definition) is 2. The smallest absolute Gasteiger partial charge is 0.0619 e. The van der Waals surface area contributed by atoms with Crippen LogP contribution in [0.15, 0.2) is 22.8 Å². The summed E-state index contributed by atoms with van der Waals surface area (Å²) in [5.41, 5.74) is 1.55. The maximum Gasteiger partial charge on any atom is 0.0619 e. The molecule has 1 fully saturated rings. The first-order valence-electron chi connectivity index (χ1n) is 4.90. The molecule has 1 saturated carbocycles. The molecule has 76 valence electrons. The van der Waals surface area contributed by atoms with Crippen LogP contribution in [0.3, 0.4) is 0 Å². The van der Waals surface area contributed by atoms with Gasteiger partial charge in [-0.1, -0.05) is 0 Å². The lowest BCUT2D eigenvalue weighted by molar-refractivity contribution is 0.358. The number of rotatable bonds is 3. The predicted octanol–water partition coefficient (Wildman–Crippen LogP) is 2.44. The Bertz CT molecular complexity index is 332. The van der Waals surface area contributed by atoms with Gasteiger partial charge in [-0.2, -0.15) is 0 Å². The standard InChI is InChI=1S/C11H15BrN2/c1-14(2)8-11(5-6-11)10-9(12)4-3-7-13-10/h3-4,7H,5-6,8H2,1-2H3. The highest BCUT2D eigenvalue weighted by Crippen LogP contribution is 2.49. The molecule has 1 aliphatic carbocycles. The molecule has 0 radical (unpaired) electrons. The van der Waals surface area contributed by atoms with E-state index >= 15 is 0 Å². The van der Waals surface area contributed by atoms with E-state index in [1.165, 1.54) is 18.5 Å². The van der Waals surface area contributed by atoms with E-state index in [0.29, 0.717) is 5.41 Å². The van der Waals surface area contributed by atoms with Gasteiger partial charge in [0.05, 0.1) is 5.69 Å². The van der Waals surface area contributed by atoms with Crippen molar-refractivity contribution in [1.29, 1.82) is 0 Å². The number of nitrogens with zero attached hydrogens (tertiary/aromatic N) is 2. The highest BCUT2D eigenvalue weighted by Gasteiger charge is 2.46. The first kappa shape index (κ1) is 10.1. The third-order valence-electron chi connectivity index (χ3n) is 2.73. The van der Waals surface area contributed by atoms with Crippen molar-refractivity contribution >= 4 is 15.9 Å². The number of halogens is 1. The predicted molar refractivity (Wildman–Crippen MR) is 61.4 cm³/mol. The van der Waals surface area contributed by atoms with Crippen molar-refractivity contribution in [2.45, 2.75) is 18.3 Å². The molecule has 1 aliphatic rings. The highest BCUT2D eigenvalue weighted by molar-refractivity contribution is 9.10. The second kappa shape index (κ2) is 3.63. The van der Waals surface area contributed by atoms with Crippen LogP contribution < -0.4 is 0 Å². The van der Waals surface area contributed by atoms with Gasteiger partial charge in [0.1, 0.15) is 0 Å². The van der Waals surface area contributed by atoms with Crippen molar-refractivity contribution < 1.29 is 0 Å². The molecule has 0 N–H and O–H groups in total. The second-order valence-corrected chi connectivity index (χ2v) is 5.21. The molecule has 0 saturated heterocycles. The molecular weight excluding hydrogens is 240 g/mol. The lowest BCUT2D eigenvalue weighted by Gasteiger charge is -2.20. The molecule has 0 aliphatic heterocycles. The molecule has 1 aromatic heterocycles. The first-order chi connectivity index (χ1) is 6.64. The number of aromatic nitrogens is 1. The maximum absolute atomic E-state index is 4.49. The van der Waals surface area contributed by atoms with E-state index < -0.39 is 0 Å². The molecule has 1 aromatic rings. The second-order valence-electron chi connectivity index (χ2n) is 4.35. The van der Waals surface area contributed by atoms with Gasteiger partial charge in [-0.3, -0.25) is 4.98 Å². The van der Waals surface area contributed by atoms with Gasteiger partial charge in [0.2, 0.25) is 0 Å². The third-order valence-corrected chi connectivity index (χ3v) is 3.37. The van der Waals surface area contributed by atoms with Gasteiger partial charge in [-0.25, -0.2) is 0 Å². The van der Waals surface area contributed by atoms with Crippen LogP contribution in [0.4, 0.5) is 0 Å². The van der Waals surface area contributed by atoms with Crippen LogP contribution in [0.2, 0.25) is 0 Å². The largest absolute Gasteiger partial charge is 0.308 e. The van der Waals surface area contributed by atoms with Crippen LogP contribution in [0.5, 0.6) is 0 Å². The quantitative estimate of drug-likeness (QED) is 0.824. The molecule has 1 heterocycles. The summed E-state index contributed by atoms with van der Waals surface area (Å²) < 4.78 is 1.15. The van der Waals surface area contributed by atoms with Gasteiger partial charge < -0.3 is 4.90 Å². The van der Waals surface area contributed by atoms with E-state index in [9.17, 15) is 0 Å². The van der Waals surface area contributed by atoms with E-state index in [2.05, 4.69) is 46.0 Å². The fourth-order valence-electron chi connectivity index (χ4n) is 2.00. The zero-order valence-corrected chi connectivity index (χ0v) is 10.2. The van der Waals surface area contributed by atoms with Gasteiger partial charge in [-0.05, 0) is 55.0 Å². The van der Waals surface area contributed by atoms with Crippen LogP contribution in [0, 0.1) is 0 Å². The highest BCUT2D eigenvalue weighted by atomic mass is 79.9. The minimum absolute atomic E-state index is 0.323. The van der Waals surface area contributed by atoms with Crippen molar-refractivity contribution in [2.24, 2.45) is 0 Å². The monoisotopic (exact) mass is 254 g/mol. The fourth-order valence-corrected chi connectivity index (χ4v) is 2.68. The molecule has 2 nitrogen and oxygen atoms in total. The Balaban J connectivity index is 2.26. The Morgan fingerprint density at radius 1 is 1.50 bits per heavy atom. The van der Waals surface area contributed by atoms with E-state index in [4.69, 9.17) is 0 Å². The van der Waals surface area contributed by atoms with Crippen LogP contribution >= 0.6 is 15.9 Å². The van der Waals surface area contributed by atoms with Crippen LogP contribution in [-0.4, -0.2) is 30.5 Å². The molecule has 3 heteroatoms. The van der Waals surface area contributed by atoms with Gasteiger partial charge in [0.15, 0.2) is 0 Å². The summed E-state index contributed by atoms with van der Waals surface area (Å²) in [7, 11) is 4.24. The molecule has 0 aromatic carbocycles. The van der Waals surface area contributed by atoms with Crippen LogP contribution in [0.25, 0.3) is 0 Å². The molecule has 0 amide bonds. The third kappa shape index (κ3) is 1.84. The van der Waals surface area contributed by atoms with Crippen molar-refractivity contribution in [3.8, 4) is 0 Å². The summed E-state index contributed by atoms with van der Waals surface area (Å²) in [6.07, 6.45) is 4.41. The zero-order chi connectivity index (χ0) is 10.2. The summed E-state index contributed by atoms with van der Waals surface area (Å²) in [5, 5.41) is 0. The summed E-state index contributed by atoms with van der Waals surface area (Å²) in [4.78, 5) is 6.74. The molecule has 0 bridgehead atoms. The van der Waals surface area contributed by atoms with E-state index in [1.807, 2.05) is 12.3 Å². The maximum atomic E-state index is 4.49. The average Bonchev–Trinajstić information content (AvgIpc) is 2.85. The Kier molecular flexibility index (Phi) is 2.62. The fraction of sp³-hybridized carbons (Fsp3) is 0.545. The minimum Gasteiger partial charge on any atom is -0.308 e. The molecular formula is C11H15BrN2. The Hall–Kier alpha value is -0.410. The molecule has 14 heavy (non-hydrogen) atoms. The Morgan fingerprint density at radius 3 is 2.71 bits per heavy atom. The van der Waals surface area contributed by atoms with Crippen molar-refractivity contribution in [2.75, 3.05) is 20.6 Å². The number of pyridine rings is 1. The van der Waals surface area contributed by atoms with Gasteiger partial charge in [0.25, 0.3) is 0 Å². The van der Waals surface area contributed by atoms with E-state index in [0.717, 1.165) is 11.0 Å². The molecule has 2 rings (SSSR count). The van der Waals surface area contributed by atoms with Crippen molar-refractivity contribution in [3.05, 3.63) is 28.5 Å². The average molecular weight is 255 g/mol. The van der Waals surface area contributed by atoms with E-state index in [1.54, 1.807) is 0 Å².